The van der Waals surface area contributed by atoms with Crippen LogP contribution in [0.2, 0.25) is 0 Å². The summed E-state index contributed by atoms with van der Waals surface area (Å²) in [5.41, 5.74) is 3.48. The normalized spacial score (nSPS) is 10.3. The van der Waals surface area contributed by atoms with E-state index in [0.717, 1.165) is 16.8 Å². The van der Waals surface area contributed by atoms with Crippen LogP contribution in [-0.2, 0) is 18.3 Å². The number of rotatable bonds is 4. The molecule has 19 heavy (non-hydrogen) atoms. The topological polar surface area (TPSA) is 56.1 Å². The first kappa shape index (κ1) is 13.1. The number of carbonyl (C=O) groups excluding carboxylic acids is 1. The summed E-state index contributed by atoms with van der Waals surface area (Å²) < 4.78 is 6.52. The smallest absolute Gasteiger partial charge is 0.338 e. The summed E-state index contributed by atoms with van der Waals surface area (Å²) in [6.45, 7) is 2.57. The summed E-state index contributed by atoms with van der Waals surface area (Å²) in [7, 11) is 3.27. The molecule has 0 saturated heterocycles. The van der Waals surface area contributed by atoms with Gasteiger partial charge in [0.25, 0.3) is 0 Å². The molecule has 2 aromatic rings. The fourth-order valence-electron chi connectivity index (χ4n) is 1.92. The van der Waals surface area contributed by atoms with Gasteiger partial charge in [0.05, 0.1) is 18.9 Å². The van der Waals surface area contributed by atoms with E-state index in [4.69, 9.17) is 4.74 Å². The highest BCUT2D eigenvalue weighted by Crippen LogP contribution is 2.20. The van der Waals surface area contributed by atoms with E-state index in [1.54, 1.807) is 10.7 Å². The van der Waals surface area contributed by atoms with Gasteiger partial charge in [-0.3, -0.25) is 4.68 Å². The summed E-state index contributed by atoms with van der Waals surface area (Å²) in [5.74, 6) is -0.317. The van der Waals surface area contributed by atoms with E-state index in [9.17, 15) is 4.79 Å². The number of nitrogens with zero attached hydrogens (tertiary/aromatic N) is 2. The molecule has 0 spiro atoms. The van der Waals surface area contributed by atoms with E-state index >= 15 is 0 Å². The largest absolute Gasteiger partial charge is 0.465 e. The van der Waals surface area contributed by atoms with Crippen molar-refractivity contribution in [2.24, 2.45) is 7.05 Å². The van der Waals surface area contributed by atoms with Gasteiger partial charge in [0.1, 0.15) is 0 Å². The highest BCUT2D eigenvalue weighted by Gasteiger charge is 2.11. The highest BCUT2D eigenvalue weighted by atomic mass is 16.5. The molecule has 2 rings (SSSR count). The Bertz CT molecular complexity index is 590. The second kappa shape index (κ2) is 5.56. The molecule has 0 amide bonds. The quantitative estimate of drug-likeness (QED) is 0.855. The summed E-state index contributed by atoms with van der Waals surface area (Å²) in [6.07, 6.45) is 3.76. The number of ether oxygens (including phenoxy) is 1. The molecule has 0 aliphatic heterocycles. The van der Waals surface area contributed by atoms with Gasteiger partial charge in [-0.2, -0.15) is 5.10 Å². The maximum absolute atomic E-state index is 11.6. The van der Waals surface area contributed by atoms with Gasteiger partial charge in [-0.1, -0.05) is 6.07 Å². The van der Waals surface area contributed by atoms with Crippen LogP contribution in [-0.4, -0.2) is 22.9 Å². The van der Waals surface area contributed by atoms with Crippen molar-refractivity contribution in [3.63, 3.8) is 0 Å². The Kier molecular flexibility index (Phi) is 3.85. The van der Waals surface area contributed by atoms with Crippen molar-refractivity contribution in [2.45, 2.75) is 13.5 Å². The zero-order valence-corrected chi connectivity index (χ0v) is 11.3. The summed E-state index contributed by atoms with van der Waals surface area (Å²) in [6, 6.07) is 5.54. The van der Waals surface area contributed by atoms with E-state index in [2.05, 4.69) is 10.4 Å². The van der Waals surface area contributed by atoms with Crippen LogP contribution in [0.3, 0.4) is 0 Å². The van der Waals surface area contributed by atoms with Crippen LogP contribution in [0, 0.1) is 6.92 Å². The van der Waals surface area contributed by atoms with Crippen molar-refractivity contribution < 1.29 is 9.53 Å². The van der Waals surface area contributed by atoms with Gasteiger partial charge >= 0.3 is 5.97 Å². The average Bonchev–Trinajstić information content (AvgIpc) is 2.82. The number of carbonyl (C=O) groups is 1. The first-order chi connectivity index (χ1) is 9.11. The number of hydrogen-bond acceptors (Lipinski definition) is 4. The molecule has 100 valence electrons. The molecule has 5 nitrogen and oxygen atoms in total. The maximum Gasteiger partial charge on any atom is 0.338 e. The van der Waals surface area contributed by atoms with Crippen LogP contribution in [0.1, 0.15) is 21.5 Å². The number of esters is 1. The van der Waals surface area contributed by atoms with Crippen molar-refractivity contribution >= 4 is 11.7 Å². The molecular weight excluding hydrogens is 242 g/mol. The fourth-order valence-corrected chi connectivity index (χ4v) is 1.92. The monoisotopic (exact) mass is 259 g/mol. The highest BCUT2D eigenvalue weighted by molar-refractivity contribution is 5.92. The third-order valence-electron chi connectivity index (χ3n) is 2.98. The lowest BCUT2D eigenvalue weighted by Crippen LogP contribution is -2.07. The lowest BCUT2D eigenvalue weighted by atomic mass is 10.1. The lowest BCUT2D eigenvalue weighted by Gasteiger charge is -2.11. The second-order valence-electron chi connectivity index (χ2n) is 4.35. The Labute approximate surface area is 112 Å². The Balaban J connectivity index is 2.14. The molecule has 0 unspecified atom stereocenters. The summed E-state index contributed by atoms with van der Waals surface area (Å²) in [4.78, 5) is 11.6. The molecule has 0 saturated carbocycles. The number of methoxy groups -OCH3 is 1. The molecule has 1 aromatic heterocycles. The molecule has 0 bridgehead atoms. The molecule has 1 N–H and O–H groups in total. The van der Waals surface area contributed by atoms with Crippen LogP contribution in [0.15, 0.2) is 30.6 Å². The van der Waals surface area contributed by atoms with E-state index in [0.29, 0.717) is 12.1 Å². The molecule has 0 aliphatic carbocycles. The standard InChI is InChI=1S/C14H17N3O2/c1-10-12(14(18)19-3)5-4-6-13(10)15-7-11-8-16-17(2)9-11/h4-6,8-9,15H,7H2,1-3H3. The van der Waals surface area contributed by atoms with Crippen LogP contribution < -0.4 is 5.32 Å². The molecule has 1 aromatic carbocycles. The minimum absolute atomic E-state index is 0.317. The van der Waals surface area contributed by atoms with E-state index in [1.165, 1.54) is 7.11 Å². The van der Waals surface area contributed by atoms with Crippen molar-refractivity contribution in [2.75, 3.05) is 12.4 Å². The Morgan fingerprint density at radius 3 is 2.89 bits per heavy atom. The van der Waals surface area contributed by atoms with Crippen molar-refractivity contribution in [3.05, 3.63) is 47.3 Å². The van der Waals surface area contributed by atoms with Gasteiger partial charge in [0.15, 0.2) is 0 Å². The second-order valence-corrected chi connectivity index (χ2v) is 4.35. The van der Waals surface area contributed by atoms with Gasteiger partial charge in [-0.05, 0) is 24.6 Å². The van der Waals surface area contributed by atoms with E-state index in [-0.39, 0.29) is 5.97 Å². The van der Waals surface area contributed by atoms with Crippen molar-refractivity contribution in [3.8, 4) is 0 Å². The first-order valence-corrected chi connectivity index (χ1v) is 6.01. The Morgan fingerprint density at radius 1 is 1.47 bits per heavy atom. The Hall–Kier alpha value is -2.30. The zero-order chi connectivity index (χ0) is 13.8. The summed E-state index contributed by atoms with van der Waals surface area (Å²) >= 11 is 0. The lowest BCUT2D eigenvalue weighted by molar-refractivity contribution is 0.0600. The van der Waals surface area contributed by atoms with Crippen LogP contribution in [0.5, 0.6) is 0 Å². The third-order valence-corrected chi connectivity index (χ3v) is 2.98. The minimum atomic E-state index is -0.317. The number of aromatic nitrogens is 2. The molecule has 0 fully saturated rings. The van der Waals surface area contributed by atoms with E-state index in [1.807, 2.05) is 38.5 Å². The predicted octanol–water partition coefficient (Wildman–Crippen LogP) is 2.13. The van der Waals surface area contributed by atoms with Crippen LogP contribution in [0.4, 0.5) is 5.69 Å². The predicted molar refractivity (Wildman–Crippen MR) is 73.1 cm³/mol. The van der Waals surface area contributed by atoms with Gasteiger partial charge in [0, 0.05) is 31.0 Å². The van der Waals surface area contributed by atoms with Gasteiger partial charge in [-0.25, -0.2) is 4.79 Å². The zero-order valence-electron chi connectivity index (χ0n) is 11.3. The molecule has 0 radical (unpaired) electrons. The van der Waals surface area contributed by atoms with Crippen LogP contribution in [0.25, 0.3) is 0 Å². The number of anilines is 1. The average molecular weight is 259 g/mol. The SMILES string of the molecule is COC(=O)c1cccc(NCc2cnn(C)c2)c1C. The summed E-state index contributed by atoms with van der Waals surface area (Å²) in [5, 5.41) is 7.41. The number of hydrogen-bond donors (Lipinski definition) is 1. The van der Waals surface area contributed by atoms with Gasteiger partial charge in [0.2, 0.25) is 0 Å². The van der Waals surface area contributed by atoms with Gasteiger partial charge in [-0.15, -0.1) is 0 Å². The van der Waals surface area contributed by atoms with E-state index < -0.39 is 0 Å². The molecule has 5 heteroatoms. The number of benzene rings is 1. The molecular formula is C14H17N3O2. The fraction of sp³-hybridized carbons (Fsp3) is 0.286. The molecule has 0 aliphatic rings. The molecule has 1 heterocycles. The molecule has 0 atom stereocenters. The number of aryl methyl sites for hydroxylation is 1. The van der Waals surface area contributed by atoms with Crippen molar-refractivity contribution in [1.29, 1.82) is 0 Å². The first-order valence-electron chi connectivity index (χ1n) is 6.01. The Morgan fingerprint density at radius 2 is 2.26 bits per heavy atom. The third kappa shape index (κ3) is 2.93. The maximum atomic E-state index is 11.6. The minimum Gasteiger partial charge on any atom is -0.465 e. The number of nitrogens with one attached hydrogen (secondary N) is 1. The van der Waals surface area contributed by atoms with Crippen molar-refractivity contribution in [1.82, 2.24) is 9.78 Å². The van der Waals surface area contributed by atoms with Crippen LogP contribution >= 0.6 is 0 Å². The van der Waals surface area contributed by atoms with Gasteiger partial charge < -0.3 is 10.1 Å².